The Hall–Kier alpha value is -2.29. The zero-order valence-corrected chi connectivity index (χ0v) is 15.1. The van der Waals surface area contributed by atoms with Gasteiger partial charge in [-0.15, -0.1) is 0 Å². The second-order valence-electron chi connectivity index (χ2n) is 6.80. The topological polar surface area (TPSA) is 97.1 Å². The molecule has 1 aliphatic carbocycles. The Morgan fingerprint density at radius 1 is 1.27 bits per heavy atom. The Balaban J connectivity index is 1.70. The summed E-state index contributed by atoms with van der Waals surface area (Å²) < 4.78 is 29.8. The normalized spacial score (nSPS) is 21.5. The first-order valence-electron chi connectivity index (χ1n) is 8.46. The molecule has 26 heavy (non-hydrogen) atoms. The van der Waals surface area contributed by atoms with E-state index < -0.39 is 16.1 Å². The number of hydrogen-bond acceptors (Lipinski definition) is 5. The minimum Gasteiger partial charge on any atom is -0.393 e. The van der Waals surface area contributed by atoms with Crippen LogP contribution < -0.4 is 4.72 Å². The Morgan fingerprint density at radius 2 is 2.04 bits per heavy atom. The fourth-order valence-electron chi connectivity index (χ4n) is 3.37. The molecule has 7 nitrogen and oxygen atoms in total. The van der Waals surface area contributed by atoms with E-state index in [1.807, 2.05) is 30.3 Å². The summed E-state index contributed by atoms with van der Waals surface area (Å²) >= 11 is 0. The summed E-state index contributed by atoms with van der Waals surface area (Å²) in [7, 11) is -2.05. The van der Waals surface area contributed by atoms with Crippen LogP contribution in [0.5, 0.6) is 0 Å². The van der Waals surface area contributed by atoms with E-state index in [0.717, 1.165) is 16.5 Å². The molecule has 0 radical (unpaired) electrons. The third-order valence-corrected chi connectivity index (χ3v) is 6.26. The van der Waals surface area contributed by atoms with Crippen molar-refractivity contribution in [2.75, 3.05) is 0 Å². The van der Waals surface area contributed by atoms with Crippen molar-refractivity contribution in [2.45, 2.75) is 29.9 Å². The van der Waals surface area contributed by atoms with Crippen molar-refractivity contribution in [3.05, 3.63) is 54.5 Å². The van der Waals surface area contributed by atoms with E-state index in [4.69, 9.17) is 0 Å². The van der Waals surface area contributed by atoms with Crippen LogP contribution in [0.15, 0.2) is 53.8 Å². The predicted molar refractivity (Wildman–Crippen MR) is 96.7 cm³/mol. The van der Waals surface area contributed by atoms with Crippen LogP contribution in [0.4, 0.5) is 0 Å². The number of fused-ring (bicyclic) bond motifs is 1. The monoisotopic (exact) mass is 372 g/mol. The van der Waals surface area contributed by atoms with Crippen LogP contribution in [0.2, 0.25) is 0 Å². The van der Waals surface area contributed by atoms with Crippen molar-refractivity contribution in [3.63, 3.8) is 0 Å². The first-order chi connectivity index (χ1) is 12.4. The molecule has 0 saturated heterocycles. The fraction of sp³-hybridized carbons (Fsp3) is 0.333. The van der Waals surface area contributed by atoms with Crippen molar-refractivity contribution in [1.29, 1.82) is 0 Å². The smallest absolute Gasteiger partial charge is 0.244 e. The number of sulfonamides is 1. The van der Waals surface area contributed by atoms with Gasteiger partial charge >= 0.3 is 0 Å². The Bertz CT molecular complexity index is 1040. The van der Waals surface area contributed by atoms with Crippen LogP contribution in [0.25, 0.3) is 10.9 Å². The number of nitrogens with one attached hydrogen (secondary N) is 1. The van der Waals surface area contributed by atoms with Crippen LogP contribution in [-0.4, -0.2) is 34.4 Å². The number of benzene rings is 1. The number of para-hydroxylation sites is 1. The molecule has 1 fully saturated rings. The zero-order chi connectivity index (χ0) is 18.3. The summed E-state index contributed by atoms with van der Waals surface area (Å²) in [6, 6.07) is 9.23. The molecular formula is C18H20N4O3S. The summed E-state index contributed by atoms with van der Waals surface area (Å²) in [6.45, 7) is 0. The number of aryl methyl sites for hydroxylation is 1. The number of nitrogens with zero attached hydrogens (tertiary/aromatic N) is 3. The van der Waals surface area contributed by atoms with Gasteiger partial charge in [-0.25, -0.2) is 13.1 Å². The highest BCUT2D eigenvalue weighted by molar-refractivity contribution is 7.89. The Kier molecular flexibility index (Phi) is 4.26. The van der Waals surface area contributed by atoms with Gasteiger partial charge in [0, 0.05) is 24.8 Å². The average molecular weight is 372 g/mol. The molecule has 0 bridgehead atoms. The van der Waals surface area contributed by atoms with E-state index in [-0.39, 0.29) is 16.9 Å². The first-order valence-corrected chi connectivity index (χ1v) is 9.94. The maximum atomic E-state index is 12.8. The quantitative estimate of drug-likeness (QED) is 0.711. The highest BCUT2D eigenvalue weighted by Gasteiger charge is 2.37. The van der Waals surface area contributed by atoms with Crippen LogP contribution in [-0.2, 0) is 17.1 Å². The SMILES string of the molecule is Cn1cc(S(=O)(=O)NC(c2cnc3ccccc3c2)C2CC(O)C2)cn1. The molecule has 0 spiro atoms. The second-order valence-corrected chi connectivity index (χ2v) is 8.51. The Morgan fingerprint density at radius 3 is 2.73 bits per heavy atom. The van der Waals surface area contributed by atoms with Gasteiger partial charge in [-0.05, 0) is 36.5 Å². The fourth-order valence-corrected chi connectivity index (χ4v) is 4.65. The lowest BCUT2D eigenvalue weighted by Crippen LogP contribution is -2.41. The van der Waals surface area contributed by atoms with Gasteiger partial charge in [-0.2, -0.15) is 5.10 Å². The van der Waals surface area contributed by atoms with Gasteiger partial charge in [0.15, 0.2) is 0 Å². The molecule has 2 aromatic heterocycles. The minimum atomic E-state index is -3.72. The summed E-state index contributed by atoms with van der Waals surface area (Å²) in [6.07, 6.45) is 5.25. The van der Waals surface area contributed by atoms with Gasteiger partial charge in [0.05, 0.1) is 23.9 Å². The lowest BCUT2D eigenvalue weighted by atomic mass is 9.75. The lowest BCUT2D eigenvalue weighted by Gasteiger charge is -2.38. The van der Waals surface area contributed by atoms with Crippen LogP contribution in [0.3, 0.4) is 0 Å². The molecule has 0 aliphatic heterocycles. The maximum absolute atomic E-state index is 12.8. The molecular weight excluding hydrogens is 352 g/mol. The molecule has 2 heterocycles. The molecule has 1 saturated carbocycles. The molecule has 1 unspecified atom stereocenters. The van der Waals surface area contributed by atoms with Crippen molar-refractivity contribution < 1.29 is 13.5 Å². The zero-order valence-electron chi connectivity index (χ0n) is 14.3. The van der Waals surface area contributed by atoms with Gasteiger partial charge in [-0.1, -0.05) is 18.2 Å². The Labute approximate surface area is 151 Å². The largest absolute Gasteiger partial charge is 0.393 e. The highest BCUT2D eigenvalue weighted by atomic mass is 32.2. The van der Waals surface area contributed by atoms with E-state index in [1.165, 1.54) is 17.1 Å². The molecule has 3 aromatic rings. The lowest BCUT2D eigenvalue weighted by molar-refractivity contribution is 0.0280. The molecule has 2 N–H and O–H groups in total. The van der Waals surface area contributed by atoms with Gasteiger partial charge in [0.1, 0.15) is 4.90 Å². The van der Waals surface area contributed by atoms with Crippen molar-refractivity contribution >= 4 is 20.9 Å². The van der Waals surface area contributed by atoms with Gasteiger partial charge in [0.25, 0.3) is 0 Å². The number of rotatable bonds is 5. The minimum absolute atomic E-state index is 0.0272. The number of aromatic nitrogens is 3. The van der Waals surface area contributed by atoms with Crippen LogP contribution >= 0.6 is 0 Å². The third kappa shape index (κ3) is 3.23. The van der Waals surface area contributed by atoms with Crippen molar-refractivity contribution in [1.82, 2.24) is 19.5 Å². The molecule has 4 rings (SSSR count). The van der Waals surface area contributed by atoms with E-state index >= 15 is 0 Å². The van der Waals surface area contributed by atoms with E-state index in [9.17, 15) is 13.5 Å². The molecule has 0 amide bonds. The van der Waals surface area contributed by atoms with Crippen LogP contribution in [0.1, 0.15) is 24.4 Å². The summed E-state index contributed by atoms with van der Waals surface area (Å²) in [4.78, 5) is 4.58. The van der Waals surface area contributed by atoms with E-state index in [2.05, 4.69) is 14.8 Å². The van der Waals surface area contributed by atoms with E-state index in [0.29, 0.717) is 12.8 Å². The maximum Gasteiger partial charge on any atom is 0.244 e. The summed E-state index contributed by atoms with van der Waals surface area (Å²) in [5, 5.41) is 14.6. The number of aliphatic hydroxyl groups excluding tert-OH is 1. The highest BCUT2D eigenvalue weighted by Crippen LogP contribution is 2.39. The molecule has 1 aromatic carbocycles. The van der Waals surface area contributed by atoms with Gasteiger partial charge < -0.3 is 5.11 Å². The first kappa shape index (κ1) is 17.1. The average Bonchev–Trinajstić information content (AvgIpc) is 3.04. The number of aliphatic hydroxyl groups is 1. The molecule has 136 valence electrons. The van der Waals surface area contributed by atoms with Crippen molar-refractivity contribution in [2.24, 2.45) is 13.0 Å². The second kappa shape index (κ2) is 6.46. The third-order valence-electron chi connectivity index (χ3n) is 4.87. The molecule has 1 aliphatic rings. The number of hydrogen-bond donors (Lipinski definition) is 2. The van der Waals surface area contributed by atoms with Crippen LogP contribution in [0, 0.1) is 5.92 Å². The molecule has 8 heteroatoms. The summed E-state index contributed by atoms with van der Waals surface area (Å²) in [5.41, 5.74) is 1.66. The van der Waals surface area contributed by atoms with E-state index in [1.54, 1.807) is 13.2 Å². The van der Waals surface area contributed by atoms with Gasteiger partial charge in [0.2, 0.25) is 10.0 Å². The van der Waals surface area contributed by atoms with Gasteiger partial charge in [-0.3, -0.25) is 9.67 Å². The number of pyridine rings is 1. The van der Waals surface area contributed by atoms with Crippen molar-refractivity contribution in [3.8, 4) is 0 Å². The summed E-state index contributed by atoms with van der Waals surface area (Å²) in [5.74, 6) is 0.0272. The molecule has 1 atom stereocenters. The predicted octanol–water partition coefficient (Wildman–Crippen LogP) is 1.76. The standard InChI is InChI=1S/C18H20N4O3S/c1-22-11-16(10-20-22)26(24,25)21-18(13-7-15(23)8-13)14-6-12-4-2-3-5-17(12)19-9-14/h2-6,9-11,13,15,18,21,23H,7-8H2,1H3.